The lowest BCUT2D eigenvalue weighted by Gasteiger charge is -2.15. The third-order valence-corrected chi connectivity index (χ3v) is 5.16. The number of carbonyl (C=O) groups excluding carboxylic acids is 2. The van der Waals surface area contributed by atoms with Crippen LogP contribution in [0.1, 0.15) is 34.0 Å². The summed E-state index contributed by atoms with van der Waals surface area (Å²) in [5, 5.41) is 9.60. The van der Waals surface area contributed by atoms with Gasteiger partial charge in [0.25, 0.3) is 5.91 Å². The van der Waals surface area contributed by atoms with E-state index in [9.17, 15) is 9.59 Å². The number of rotatable bonds is 7. The Hall–Kier alpha value is -3.90. The molecule has 4 rings (SSSR count). The van der Waals surface area contributed by atoms with E-state index < -0.39 is 5.91 Å². The zero-order valence-corrected chi connectivity index (χ0v) is 17.2. The van der Waals surface area contributed by atoms with Gasteiger partial charge in [0.05, 0.1) is 11.3 Å². The van der Waals surface area contributed by atoms with Crippen LogP contribution in [0.5, 0.6) is 0 Å². The molecule has 0 saturated carbocycles. The first-order chi connectivity index (χ1) is 15.1. The quantitative estimate of drug-likeness (QED) is 0.444. The average Bonchev–Trinajstić information content (AvgIpc) is 3.12. The van der Waals surface area contributed by atoms with Crippen LogP contribution in [0.2, 0.25) is 0 Å². The number of amides is 2. The maximum Gasteiger partial charge on any atom is 0.258 e. The molecule has 0 atom stereocenters. The van der Waals surface area contributed by atoms with E-state index in [1.165, 1.54) is 5.56 Å². The Morgan fingerprint density at radius 3 is 2.39 bits per heavy atom. The number of fused-ring (bicyclic) bond motifs is 1. The van der Waals surface area contributed by atoms with Crippen LogP contribution in [-0.2, 0) is 11.3 Å². The van der Waals surface area contributed by atoms with Crippen molar-refractivity contribution in [3.8, 4) is 0 Å². The monoisotopic (exact) mass is 412 g/mol. The molecule has 0 radical (unpaired) electrons. The molecule has 0 bridgehead atoms. The smallest absolute Gasteiger partial charge is 0.258 e. The highest BCUT2D eigenvalue weighted by Crippen LogP contribution is 2.38. The third kappa shape index (κ3) is 4.34. The minimum atomic E-state index is -0.534. The van der Waals surface area contributed by atoms with Gasteiger partial charge >= 0.3 is 0 Å². The number of carbonyl (C=O) groups is 2. The van der Waals surface area contributed by atoms with Gasteiger partial charge in [-0.2, -0.15) is 0 Å². The second-order valence-electron chi connectivity index (χ2n) is 7.30. The predicted octanol–water partition coefficient (Wildman–Crippen LogP) is 3.83. The van der Waals surface area contributed by atoms with E-state index >= 15 is 0 Å². The number of nitrogens with one attached hydrogen (secondary N) is 3. The summed E-state index contributed by atoms with van der Waals surface area (Å²) >= 11 is 0. The van der Waals surface area contributed by atoms with Crippen LogP contribution in [0.4, 0.5) is 11.4 Å². The SMILES string of the molecule is CCNCc1ccc(NC(=C2C(=O)Nc3cc(C(N)=O)ccc32)c2ccccc2)cc1. The van der Waals surface area contributed by atoms with E-state index in [-0.39, 0.29) is 5.91 Å². The fourth-order valence-electron chi connectivity index (χ4n) is 3.58. The van der Waals surface area contributed by atoms with Crippen molar-refractivity contribution in [3.63, 3.8) is 0 Å². The van der Waals surface area contributed by atoms with Gasteiger partial charge in [0, 0.05) is 29.0 Å². The Labute approximate surface area is 181 Å². The molecule has 2 amide bonds. The molecule has 1 aliphatic rings. The van der Waals surface area contributed by atoms with Gasteiger partial charge in [-0.05, 0) is 41.9 Å². The van der Waals surface area contributed by atoms with E-state index in [0.29, 0.717) is 22.5 Å². The highest BCUT2D eigenvalue weighted by molar-refractivity contribution is 6.37. The molecule has 0 saturated heterocycles. The molecule has 6 heteroatoms. The Balaban J connectivity index is 1.77. The van der Waals surface area contributed by atoms with Crippen LogP contribution in [0.15, 0.2) is 72.8 Å². The van der Waals surface area contributed by atoms with E-state index in [4.69, 9.17) is 5.73 Å². The van der Waals surface area contributed by atoms with Gasteiger partial charge in [-0.3, -0.25) is 9.59 Å². The van der Waals surface area contributed by atoms with Crippen LogP contribution in [0.3, 0.4) is 0 Å². The van der Waals surface area contributed by atoms with Crippen molar-refractivity contribution >= 4 is 34.5 Å². The molecular formula is C25H24N4O2. The van der Waals surface area contributed by atoms with Crippen LogP contribution in [-0.4, -0.2) is 18.4 Å². The lowest BCUT2D eigenvalue weighted by Crippen LogP contribution is -2.12. The highest BCUT2D eigenvalue weighted by Gasteiger charge is 2.29. The van der Waals surface area contributed by atoms with Gasteiger partial charge in [0.1, 0.15) is 0 Å². The molecule has 0 aliphatic carbocycles. The Kier molecular flexibility index (Phi) is 5.82. The number of hydrogen-bond acceptors (Lipinski definition) is 4. The first kappa shape index (κ1) is 20.4. The molecule has 0 fully saturated rings. The number of anilines is 2. The molecule has 0 unspecified atom stereocenters. The topological polar surface area (TPSA) is 96.2 Å². The van der Waals surface area contributed by atoms with Gasteiger partial charge in [-0.25, -0.2) is 0 Å². The zero-order chi connectivity index (χ0) is 21.8. The van der Waals surface area contributed by atoms with Crippen molar-refractivity contribution in [2.24, 2.45) is 5.73 Å². The van der Waals surface area contributed by atoms with Crippen LogP contribution in [0, 0.1) is 0 Å². The van der Waals surface area contributed by atoms with Crippen molar-refractivity contribution < 1.29 is 9.59 Å². The van der Waals surface area contributed by atoms with E-state index in [1.807, 2.05) is 42.5 Å². The second kappa shape index (κ2) is 8.85. The first-order valence-electron chi connectivity index (χ1n) is 10.2. The summed E-state index contributed by atoms with van der Waals surface area (Å²) in [4.78, 5) is 24.5. The molecule has 0 spiro atoms. The Morgan fingerprint density at radius 2 is 1.71 bits per heavy atom. The minimum Gasteiger partial charge on any atom is -0.366 e. The molecule has 6 nitrogen and oxygen atoms in total. The van der Waals surface area contributed by atoms with Gasteiger partial charge in [0.15, 0.2) is 0 Å². The lowest BCUT2D eigenvalue weighted by molar-refractivity contribution is -0.110. The molecule has 5 N–H and O–H groups in total. The normalized spacial score (nSPS) is 14.0. The lowest BCUT2D eigenvalue weighted by atomic mass is 9.99. The predicted molar refractivity (Wildman–Crippen MR) is 124 cm³/mol. The molecule has 156 valence electrons. The molecule has 1 heterocycles. The highest BCUT2D eigenvalue weighted by atomic mass is 16.2. The summed E-state index contributed by atoms with van der Waals surface area (Å²) in [5.41, 5.74) is 11.2. The molecule has 31 heavy (non-hydrogen) atoms. The summed E-state index contributed by atoms with van der Waals surface area (Å²) in [6.45, 7) is 3.79. The third-order valence-electron chi connectivity index (χ3n) is 5.16. The van der Waals surface area contributed by atoms with Crippen LogP contribution >= 0.6 is 0 Å². The fraction of sp³-hybridized carbons (Fsp3) is 0.120. The number of nitrogens with two attached hydrogens (primary N) is 1. The first-order valence-corrected chi connectivity index (χ1v) is 10.2. The summed E-state index contributed by atoms with van der Waals surface area (Å²) < 4.78 is 0. The van der Waals surface area contributed by atoms with Gasteiger partial charge in [-0.15, -0.1) is 0 Å². The number of benzene rings is 3. The van der Waals surface area contributed by atoms with Crippen molar-refractivity contribution in [1.82, 2.24) is 5.32 Å². The van der Waals surface area contributed by atoms with Gasteiger partial charge in [-0.1, -0.05) is 55.5 Å². The largest absolute Gasteiger partial charge is 0.366 e. The number of hydrogen-bond donors (Lipinski definition) is 4. The van der Waals surface area contributed by atoms with Crippen LogP contribution < -0.4 is 21.7 Å². The van der Waals surface area contributed by atoms with E-state index in [1.54, 1.807) is 18.2 Å². The average molecular weight is 412 g/mol. The van der Waals surface area contributed by atoms with Gasteiger partial charge in [0.2, 0.25) is 5.91 Å². The summed E-state index contributed by atoms with van der Waals surface area (Å²) in [5.74, 6) is -0.764. The van der Waals surface area contributed by atoms with Crippen molar-refractivity contribution in [2.45, 2.75) is 13.5 Å². The molecule has 3 aromatic carbocycles. The summed E-state index contributed by atoms with van der Waals surface area (Å²) in [6, 6.07) is 22.8. The van der Waals surface area contributed by atoms with Crippen molar-refractivity contribution in [3.05, 3.63) is 95.1 Å². The maximum absolute atomic E-state index is 13.0. The zero-order valence-electron chi connectivity index (χ0n) is 17.2. The molecule has 3 aromatic rings. The van der Waals surface area contributed by atoms with E-state index in [0.717, 1.165) is 29.9 Å². The molecule has 1 aliphatic heterocycles. The summed E-state index contributed by atoms with van der Waals surface area (Å²) in [6.07, 6.45) is 0. The number of primary amides is 1. The van der Waals surface area contributed by atoms with Crippen LogP contribution in [0.25, 0.3) is 11.3 Å². The Bertz CT molecular complexity index is 1150. The van der Waals surface area contributed by atoms with Crippen molar-refractivity contribution in [1.29, 1.82) is 0 Å². The Morgan fingerprint density at radius 1 is 0.968 bits per heavy atom. The fourth-order valence-corrected chi connectivity index (χ4v) is 3.58. The van der Waals surface area contributed by atoms with Gasteiger partial charge < -0.3 is 21.7 Å². The minimum absolute atomic E-state index is 0.230. The standard InChI is InChI=1S/C25H24N4O2/c1-2-27-15-16-8-11-19(12-9-16)28-23(17-6-4-3-5-7-17)22-20-13-10-18(24(26)30)14-21(20)29-25(22)31/h3-14,27-28H,2,15H2,1H3,(H2,26,30)(H,29,31). The second-order valence-corrected chi connectivity index (χ2v) is 7.30. The van der Waals surface area contributed by atoms with Crippen molar-refractivity contribution in [2.75, 3.05) is 17.2 Å². The maximum atomic E-state index is 13.0. The molecule has 0 aromatic heterocycles. The molecular weight excluding hydrogens is 388 g/mol. The summed E-state index contributed by atoms with van der Waals surface area (Å²) in [7, 11) is 0. The van der Waals surface area contributed by atoms with E-state index in [2.05, 4.69) is 35.0 Å².